The van der Waals surface area contributed by atoms with Crippen molar-refractivity contribution in [3.05, 3.63) is 65.4 Å². The van der Waals surface area contributed by atoms with E-state index in [4.69, 9.17) is 4.98 Å². The second kappa shape index (κ2) is 10.0. The van der Waals surface area contributed by atoms with Crippen molar-refractivity contribution >= 4 is 33.2 Å². The number of benzene rings is 2. The topological polar surface area (TPSA) is 87.2 Å². The van der Waals surface area contributed by atoms with Crippen LogP contribution >= 0.6 is 0 Å². The molecule has 1 saturated heterocycles. The summed E-state index contributed by atoms with van der Waals surface area (Å²) in [4.78, 5) is 11.8. The minimum absolute atomic E-state index is 0.249. The van der Waals surface area contributed by atoms with E-state index in [2.05, 4.69) is 19.9 Å². The maximum atomic E-state index is 13.0. The van der Waals surface area contributed by atoms with Crippen molar-refractivity contribution in [1.29, 1.82) is 0 Å². The number of rotatable bonds is 7. The average molecular weight is 480 g/mol. The van der Waals surface area contributed by atoms with Gasteiger partial charge in [0.05, 0.1) is 4.90 Å². The number of hydrogen-bond acceptors (Lipinski definition) is 6. The summed E-state index contributed by atoms with van der Waals surface area (Å²) in [5.74, 6) is 1.73. The van der Waals surface area contributed by atoms with Gasteiger partial charge in [-0.05, 0) is 80.5 Å². The molecule has 1 aromatic heterocycles. The van der Waals surface area contributed by atoms with Crippen molar-refractivity contribution in [3.8, 4) is 0 Å². The second-order valence-corrected chi connectivity index (χ2v) is 10.9. The van der Waals surface area contributed by atoms with Crippen molar-refractivity contribution in [2.24, 2.45) is 0 Å². The Morgan fingerprint density at radius 2 is 1.56 bits per heavy atom. The molecular weight excluding hydrogens is 446 g/mol. The molecular formula is C26H33N5O2S. The lowest BCUT2D eigenvalue weighted by molar-refractivity contribution is 0.573. The molecule has 180 valence electrons. The number of nitrogens with one attached hydrogen (secondary N) is 2. The Bertz CT molecular complexity index is 1250. The molecule has 7 nitrogen and oxygen atoms in total. The molecule has 0 bridgehead atoms. The third-order valence-corrected chi connectivity index (χ3v) is 7.61. The first kappa shape index (κ1) is 24.0. The quantitative estimate of drug-likeness (QED) is 0.449. The van der Waals surface area contributed by atoms with Crippen LogP contribution < -0.4 is 14.9 Å². The van der Waals surface area contributed by atoms with Crippen LogP contribution in [0.15, 0.2) is 53.4 Å². The van der Waals surface area contributed by atoms with Gasteiger partial charge in [-0.1, -0.05) is 26.0 Å². The largest absolute Gasteiger partial charge is 0.356 e. The van der Waals surface area contributed by atoms with Gasteiger partial charge in [0.2, 0.25) is 5.95 Å². The van der Waals surface area contributed by atoms with Crippen LogP contribution in [0, 0.1) is 13.8 Å². The average Bonchev–Trinajstić information content (AvgIpc) is 2.80. The molecule has 1 aliphatic heterocycles. The summed E-state index contributed by atoms with van der Waals surface area (Å²) in [7, 11) is -3.70. The molecule has 0 atom stereocenters. The maximum Gasteiger partial charge on any atom is 0.262 e. The van der Waals surface area contributed by atoms with E-state index in [0.717, 1.165) is 41.4 Å². The maximum absolute atomic E-state index is 13.0. The number of anilines is 4. The number of aryl methyl sites for hydroxylation is 2. The first-order valence-electron chi connectivity index (χ1n) is 11.8. The SMILES string of the molecule is Cc1cc(N2CCCCC2)nc(Nc2ccc(NS(=O)(=O)c3cc(C(C)C)ccc3C)cc2)n1. The number of aromatic nitrogens is 2. The zero-order valence-electron chi connectivity index (χ0n) is 20.3. The fourth-order valence-electron chi connectivity index (χ4n) is 4.12. The summed E-state index contributed by atoms with van der Waals surface area (Å²) in [6.45, 7) is 9.91. The Hall–Kier alpha value is -3.13. The zero-order chi connectivity index (χ0) is 24.3. The molecule has 2 heterocycles. The molecule has 3 aromatic rings. The van der Waals surface area contributed by atoms with E-state index in [1.165, 1.54) is 19.3 Å². The minimum atomic E-state index is -3.70. The molecule has 34 heavy (non-hydrogen) atoms. The van der Waals surface area contributed by atoms with Crippen LogP contribution in [-0.2, 0) is 10.0 Å². The summed E-state index contributed by atoms with van der Waals surface area (Å²) >= 11 is 0. The van der Waals surface area contributed by atoms with Crippen molar-refractivity contribution in [3.63, 3.8) is 0 Å². The van der Waals surface area contributed by atoms with Gasteiger partial charge < -0.3 is 10.2 Å². The molecule has 0 radical (unpaired) electrons. The highest BCUT2D eigenvalue weighted by atomic mass is 32.2. The molecule has 0 unspecified atom stereocenters. The number of piperidine rings is 1. The molecule has 4 rings (SSSR count). The van der Waals surface area contributed by atoms with E-state index in [0.29, 0.717) is 16.5 Å². The van der Waals surface area contributed by atoms with E-state index in [1.54, 1.807) is 18.2 Å². The Morgan fingerprint density at radius 3 is 2.24 bits per heavy atom. The zero-order valence-corrected chi connectivity index (χ0v) is 21.1. The second-order valence-electron chi connectivity index (χ2n) is 9.23. The van der Waals surface area contributed by atoms with Crippen molar-refractivity contribution in [2.75, 3.05) is 28.0 Å². The van der Waals surface area contributed by atoms with E-state index in [9.17, 15) is 8.42 Å². The number of hydrogen-bond donors (Lipinski definition) is 2. The van der Waals surface area contributed by atoms with Gasteiger partial charge >= 0.3 is 0 Å². The third-order valence-electron chi connectivity index (χ3n) is 6.08. The molecule has 1 aliphatic rings. The van der Waals surface area contributed by atoms with Crippen LogP contribution in [0.25, 0.3) is 0 Å². The van der Waals surface area contributed by atoms with Gasteiger partial charge in [0.15, 0.2) is 0 Å². The lowest BCUT2D eigenvalue weighted by Gasteiger charge is -2.28. The Morgan fingerprint density at radius 1 is 0.882 bits per heavy atom. The minimum Gasteiger partial charge on any atom is -0.356 e. The Balaban J connectivity index is 1.49. The van der Waals surface area contributed by atoms with Gasteiger partial charge in [-0.3, -0.25) is 4.72 Å². The third kappa shape index (κ3) is 5.67. The monoisotopic (exact) mass is 479 g/mol. The number of nitrogens with zero attached hydrogens (tertiary/aromatic N) is 3. The summed E-state index contributed by atoms with van der Waals surface area (Å²) in [6.07, 6.45) is 3.64. The van der Waals surface area contributed by atoms with E-state index >= 15 is 0 Å². The highest BCUT2D eigenvalue weighted by Crippen LogP contribution is 2.26. The molecule has 8 heteroatoms. The van der Waals surface area contributed by atoms with Gasteiger partial charge in [-0.2, -0.15) is 4.98 Å². The summed E-state index contributed by atoms with van der Waals surface area (Å²) < 4.78 is 28.8. The fourth-order valence-corrected chi connectivity index (χ4v) is 5.46. The van der Waals surface area contributed by atoms with E-state index in [-0.39, 0.29) is 5.92 Å². The van der Waals surface area contributed by atoms with E-state index in [1.807, 2.05) is 58.0 Å². The first-order chi connectivity index (χ1) is 16.2. The molecule has 0 saturated carbocycles. The standard InChI is InChI=1S/C26H33N5O2S/c1-18(2)21-9-8-19(3)24(17-21)34(32,33)30-23-12-10-22(11-13-23)28-26-27-20(4)16-25(29-26)31-14-6-5-7-15-31/h8-13,16-18,30H,5-7,14-15H2,1-4H3,(H,27,28,29). The molecule has 0 spiro atoms. The Labute approximate surface area is 202 Å². The lowest BCUT2D eigenvalue weighted by Crippen LogP contribution is -2.30. The van der Waals surface area contributed by atoms with Gasteiger partial charge in [0.1, 0.15) is 5.82 Å². The predicted octanol–water partition coefficient (Wildman–Crippen LogP) is 5.75. The highest BCUT2D eigenvalue weighted by Gasteiger charge is 2.19. The summed E-state index contributed by atoms with van der Waals surface area (Å²) in [5.41, 5.74) is 3.90. The van der Waals surface area contributed by atoms with Crippen LogP contribution in [0.5, 0.6) is 0 Å². The molecule has 0 aliphatic carbocycles. The predicted molar refractivity (Wildman–Crippen MR) is 139 cm³/mol. The van der Waals surface area contributed by atoms with Crippen LogP contribution in [0.1, 0.15) is 55.8 Å². The molecule has 0 amide bonds. The van der Waals surface area contributed by atoms with Crippen LogP contribution in [0.4, 0.5) is 23.1 Å². The van der Waals surface area contributed by atoms with Crippen molar-refractivity contribution < 1.29 is 8.42 Å². The summed E-state index contributed by atoms with van der Waals surface area (Å²) in [5, 5.41) is 3.25. The summed E-state index contributed by atoms with van der Waals surface area (Å²) in [6, 6.07) is 14.7. The number of sulfonamides is 1. The van der Waals surface area contributed by atoms with Gasteiger partial charge in [0, 0.05) is 36.2 Å². The first-order valence-corrected chi connectivity index (χ1v) is 13.3. The molecule has 1 fully saturated rings. The van der Waals surface area contributed by atoms with Gasteiger partial charge in [-0.25, -0.2) is 13.4 Å². The van der Waals surface area contributed by atoms with Crippen molar-refractivity contribution in [2.45, 2.75) is 57.8 Å². The normalized spacial score (nSPS) is 14.3. The molecule has 2 aromatic carbocycles. The lowest BCUT2D eigenvalue weighted by atomic mass is 10.0. The van der Waals surface area contributed by atoms with Crippen LogP contribution in [-0.4, -0.2) is 31.5 Å². The Kier molecular flexibility index (Phi) is 7.07. The van der Waals surface area contributed by atoms with Crippen molar-refractivity contribution in [1.82, 2.24) is 9.97 Å². The van der Waals surface area contributed by atoms with Crippen LogP contribution in [0.2, 0.25) is 0 Å². The van der Waals surface area contributed by atoms with E-state index < -0.39 is 10.0 Å². The van der Waals surface area contributed by atoms with Gasteiger partial charge in [0.25, 0.3) is 10.0 Å². The smallest absolute Gasteiger partial charge is 0.262 e. The van der Waals surface area contributed by atoms with Gasteiger partial charge in [-0.15, -0.1) is 0 Å². The highest BCUT2D eigenvalue weighted by molar-refractivity contribution is 7.92. The molecule has 2 N–H and O–H groups in total. The fraction of sp³-hybridized carbons (Fsp3) is 0.385. The van der Waals surface area contributed by atoms with Crippen LogP contribution in [0.3, 0.4) is 0 Å².